The van der Waals surface area contributed by atoms with E-state index in [9.17, 15) is 13.2 Å². The minimum atomic E-state index is -3.08. The van der Waals surface area contributed by atoms with Crippen LogP contribution in [0, 0.1) is 17.8 Å². The highest BCUT2D eigenvalue weighted by atomic mass is 32.2. The summed E-state index contributed by atoms with van der Waals surface area (Å²) in [5.74, 6) is 4.43. The summed E-state index contributed by atoms with van der Waals surface area (Å²) in [5.41, 5.74) is 1.12. The van der Waals surface area contributed by atoms with Gasteiger partial charge in [-0.1, -0.05) is 24.0 Å². The van der Waals surface area contributed by atoms with Crippen molar-refractivity contribution in [2.75, 3.05) is 23.4 Å². The van der Waals surface area contributed by atoms with E-state index in [0.29, 0.717) is 17.7 Å². The Kier molecular flexibility index (Phi) is 4.42. The minimum Gasteiger partial charge on any atom is -0.384 e. The number of anilines is 1. The van der Waals surface area contributed by atoms with E-state index in [1.165, 1.54) is 0 Å². The molecule has 0 radical (unpaired) electrons. The van der Waals surface area contributed by atoms with E-state index >= 15 is 0 Å². The van der Waals surface area contributed by atoms with Crippen LogP contribution in [-0.2, 0) is 14.6 Å². The smallest absolute Gasteiger partial charge is 0.228 e. The fraction of sp³-hybridized carbons (Fsp3) is 0.357. The number of carbonyl (C=O) groups is 1. The monoisotopic (exact) mass is 293 g/mol. The number of sulfone groups is 1. The van der Waals surface area contributed by atoms with E-state index in [-0.39, 0.29) is 24.0 Å². The van der Waals surface area contributed by atoms with Gasteiger partial charge in [0.2, 0.25) is 5.91 Å². The first-order chi connectivity index (χ1) is 9.52. The second-order valence-corrected chi connectivity index (χ2v) is 6.82. The summed E-state index contributed by atoms with van der Waals surface area (Å²) in [4.78, 5) is 12.1. The molecule has 1 aromatic rings. The molecule has 1 aromatic carbocycles. The molecule has 0 bridgehead atoms. The average molecular weight is 293 g/mol. The SMILES string of the molecule is O=C(Nc1ccccc1C#CCO)C1CCS(=O)(=O)C1. The standard InChI is InChI=1S/C14H15NO4S/c16-8-3-5-11-4-1-2-6-13(11)15-14(17)12-7-9-20(18,19)10-12/h1-2,4,6,12,16H,7-10H2,(H,15,17). The molecular weight excluding hydrogens is 278 g/mol. The Hall–Kier alpha value is -1.84. The van der Waals surface area contributed by atoms with Crippen LogP contribution in [0.3, 0.4) is 0 Å². The van der Waals surface area contributed by atoms with Crippen molar-refractivity contribution in [1.29, 1.82) is 0 Å². The summed E-state index contributed by atoms with van der Waals surface area (Å²) < 4.78 is 22.8. The average Bonchev–Trinajstić information content (AvgIpc) is 2.78. The summed E-state index contributed by atoms with van der Waals surface area (Å²) in [7, 11) is -3.08. The first kappa shape index (κ1) is 14.6. The van der Waals surface area contributed by atoms with Gasteiger partial charge in [-0.3, -0.25) is 4.79 Å². The van der Waals surface area contributed by atoms with E-state index in [0.717, 1.165) is 0 Å². The third-order valence-electron chi connectivity index (χ3n) is 3.09. The van der Waals surface area contributed by atoms with Crippen LogP contribution in [0.15, 0.2) is 24.3 Å². The zero-order chi connectivity index (χ0) is 14.6. The maximum Gasteiger partial charge on any atom is 0.228 e. The third kappa shape index (κ3) is 3.59. The van der Waals surface area contributed by atoms with Gasteiger partial charge in [0.15, 0.2) is 9.84 Å². The number of carbonyl (C=O) groups excluding carboxylic acids is 1. The van der Waals surface area contributed by atoms with Gasteiger partial charge >= 0.3 is 0 Å². The van der Waals surface area contributed by atoms with Crippen molar-refractivity contribution in [3.05, 3.63) is 29.8 Å². The van der Waals surface area contributed by atoms with Crippen LogP contribution in [0.4, 0.5) is 5.69 Å². The van der Waals surface area contributed by atoms with Crippen LogP contribution in [0.5, 0.6) is 0 Å². The Bertz CT molecular complexity index is 670. The Labute approximate surface area is 117 Å². The van der Waals surface area contributed by atoms with Gasteiger partial charge < -0.3 is 10.4 Å². The van der Waals surface area contributed by atoms with Crippen LogP contribution >= 0.6 is 0 Å². The van der Waals surface area contributed by atoms with E-state index in [1.54, 1.807) is 24.3 Å². The van der Waals surface area contributed by atoms with Crippen molar-refractivity contribution < 1.29 is 18.3 Å². The topological polar surface area (TPSA) is 83.5 Å². The fourth-order valence-electron chi connectivity index (χ4n) is 2.07. The van der Waals surface area contributed by atoms with Gasteiger partial charge in [-0.25, -0.2) is 8.42 Å². The fourth-order valence-corrected chi connectivity index (χ4v) is 3.81. The predicted octanol–water partition coefficient (Wildman–Crippen LogP) is 0.404. The molecule has 5 nitrogen and oxygen atoms in total. The molecule has 1 saturated heterocycles. The molecule has 1 heterocycles. The molecule has 1 fully saturated rings. The molecule has 2 N–H and O–H groups in total. The molecule has 106 valence electrons. The van der Waals surface area contributed by atoms with Gasteiger partial charge in [-0.2, -0.15) is 0 Å². The number of aliphatic hydroxyl groups is 1. The normalized spacial score (nSPS) is 19.9. The molecule has 0 spiro atoms. The highest BCUT2D eigenvalue weighted by Crippen LogP contribution is 2.21. The van der Waals surface area contributed by atoms with Gasteiger partial charge in [-0.05, 0) is 18.6 Å². The van der Waals surface area contributed by atoms with Crippen molar-refractivity contribution in [2.24, 2.45) is 5.92 Å². The number of benzene rings is 1. The minimum absolute atomic E-state index is 0.0665. The number of hydrogen-bond acceptors (Lipinski definition) is 4. The maximum atomic E-state index is 12.1. The number of hydrogen-bond donors (Lipinski definition) is 2. The summed E-state index contributed by atoms with van der Waals surface area (Å²) in [6, 6.07) is 6.95. The molecule has 0 saturated carbocycles. The molecule has 0 aromatic heterocycles. The van der Waals surface area contributed by atoms with Crippen molar-refractivity contribution in [2.45, 2.75) is 6.42 Å². The van der Waals surface area contributed by atoms with Crippen LogP contribution in [0.25, 0.3) is 0 Å². The number of nitrogens with one attached hydrogen (secondary N) is 1. The summed E-state index contributed by atoms with van der Waals surface area (Å²) in [6.45, 7) is -0.261. The Balaban J connectivity index is 2.12. The lowest BCUT2D eigenvalue weighted by Gasteiger charge is -2.10. The maximum absolute atomic E-state index is 12.1. The number of amides is 1. The number of aliphatic hydroxyl groups excluding tert-OH is 1. The lowest BCUT2D eigenvalue weighted by Crippen LogP contribution is -2.24. The quantitative estimate of drug-likeness (QED) is 0.773. The Morgan fingerprint density at radius 3 is 2.80 bits per heavy atom. The van der Waals surface area contributed by atoms with E-state index in [4.69, 9.17) is 5.11 Å². The first-order valence-electron chi connectivity index (χ1n) is 6.22. The number of para-hydroxylation sites is 1. The van der Waals surface area contributed by atoms with Crippen LogP contribution < -0.4 is 5.32 Å². The predicted molar refractivity (Wildman–Crippen MR) is 75.8 cm³/mol. The lowest BCUT2D eigenvalue weighted by molar-refractivity contribution is -0.119. The van der Waals surface area contributed by atoms with Crippen LogP contribution in [0.2, 0.25) is 0 Å². The molecule has 1 aliphatic heterocycles. The lowest BCUT2D eigenvalue weighted by atomic mass is 10.1. The molecule has 1 unspecified atom stereocenters. The van der Waals surface area contributed by atoms with Crippen molar-refractivity contribution >= 4 is 21.4 Å². The van der Waals surface area contributed by atoms with E-state index in [2.05, 4.69) is 17.2 Å². The first-order valence-corrected chi connectivity index (χ1v) is 8.04. The Morgan fingerprint density at radius 2 is 2.15 bits per heavy atom. The molecule has 1 atom stereocenters. The molecule has 1 amide bonds. The second-order valence-electron chi connectivity index (χ2n) is 4.59. The molecule has 2 rings (SSSR count). The van der Waals surface area contributed by atoms with Gasteiger partial charge in [0.1, 0.15) is 6.61 Å². The third-order valence-corrected chi connectivity index (χ3v) is 4.86. The molecular formula is C14H15NO4S. The summed E-state index contributed by atoms with van der Waals surface area (Å²) in [5, 5.41) is 11.4. The summed E-state index contributed by atoms with van der Waals surface area (Å²) in [6.07, 6.45) is 0.360. The largest absolute Gasteiger partial charge is 0.384 e. The highest BCUT2D eigenvalue weighted by Gasteiger charge is 2.33. The van der Waals surface area contributed by atoms with Gasteiger partial charge in [-0.15, -0.1) is 0 Å². The van der Waals surface area contributed by atoms with Gasteiger partial charge in [0.25, 0.3) is 0 Å². The van der Waals surface area contributed by atoms with Crippen molar-refractivity contribution in [3.8, 4) is 11.8 Å². The Morgan fingerprint density at radius 1 is 1.40 bits per heavy atom. The number of rotatable bonds is 2. The van der Waals surface area contributed by atoms with Crippen molar-refractivity contribution in [1.82, 2.24) is 0 Å². The zero-order valence-corrected chi connectivity index (χ0v) is 11.6. The molecule has 0 aliphatic carbocycles. The zero-order valence-electron chi connectivity index (χ0n) is 10.8. The molecule has 1 aliphatic rings. The molecule has 6 heteroatoms. The van der Waals surface area contributed by atoms with Crippen molar-refractivity contribution in [3.63, 3.8) is 0 Å². The van der Waals surface area contributed by atoms with E-state index < -0.39 is 15.8 Å². The van der Waals surface area contributed by atoms with Gasteiger partial charge in [0.05, 0.1) is 23.1 Å². The van der Waals surface area contributed by atoms with Crippen LogP contribution in [-0.4, -0.2) is 37.5 Å². The van der Waals surface area contributed by atoms with Gasteiger partial charge in [0, 0.05) is 5.56 Å². The molecule has 20 heavy (non-hydrogen) atoms. The highest BCUT2D eigenvalue weighted by molar-refractivity contribution is 7.91. The van der Waals surface area contributed by atoms with Crippen LogP contribution in [0.1, 0.15) is 12.0 Å². The second kappa shape index (κ2) is 6.07. The summed E-state index contributed by atoms with van der Waals surface area (Å²) >= 11 is 0. The van der Waals surface area contributed by atoms with E-state index in [1.807, 2.05) is 0 Å².